The molecule has 0 atom stereocenters. The van der Waals surface area contributed by atoms with Crippen LogP contribution >= 0.6 is 0 Å². The van der Waals surface area contributed by atoms with Gasteiger partial charge in [0.1, 0.15) is 11.6 Å². The van der Waals surface area contributed by atoms with Crippen molar-refractivity contribution in [3.05, 3.63) is 142 Å². The smallest absolute Gasteiger partial charge is 0.308 e. The first-order valence-electron chi connectivity index (χ1n) is 16.2. The summed E-state index contributed by atoms with van der Waals surface area (Å²) in [5.74, 6) is 0. The number of halogens is 3. The molecule has 240 valence electrons. The van der Waals surface area contributed by atoms with E-state index >= 15 is 0 Å². The summed E-state index contributed by atoms with van der Waals surface area (Å²) < 4.78 is 45.8. The molecule has 0 aliphatic heterocycles. The van der Waals surface area contributed by atoms with Gasteiger partial charge in [-0.1, -0.05) is 60.7 Å². The Morgan fingerprint density at radius 1 is 0.510 bits per heavy atom. The highest BCUT2D eigenvalue weighted by molar-refractivity contribution is 6.12. The lowest BCUT2D eigenvalue weighted by Crippen LogP contribution is -2.08. The number of hydrogen-bond donors (Lipinski definition) is 0. The molecule has 2 aromatic heterocycles. The largest absolute Gasteiger partial charge is 0.416 e. The van der Waals surface area contributed by atoms with Crippen molar-refractivity contribution < 1.29 is 13.2 Å². The van der Waals surface area contributed by atoms with E-state index in [0.29, 0.717) is 33.6 Å². The van der Waals surface area contributed by atoms with Crippen LogP contribution in [-0.2, 0) is 6.18 Å². The summed E-state index contributed by atoms with van der Waals surface area (Å²) in [6, 6.07) is 35.7. The van der Waals surface area contributed by atoms with Crippen LogP contribution < -0.4 is 0 Å². The Morgan fingerprint density at radius 2 is 0.939 bits per heavy atom. The molecular weight excluding hydrogens is 615 g/mol. The zero-order chi connectivity index (χ0) is 34.4. The molecule has 0 bridgehead atoms. The van der Waals surface area contributed by atoms with Crippen LogP contribution in [-0.4, -0.2) is 9.13 Å². The molecule has 8 aromatic rings. The molecule has 2 heterocycles. The molecule has 3 nitrogen and oxygen atoms in total. The minimum absolute atomic E-state index is 0.431. The molecule has 0 saturated heterocycles. The summed E-state index contributed by atoms with van der Waals surface area (Å²) in [5, 5.41) is 15.5. The molecule has 0 aliphatic carbocycles. The number of fused-ring (bicyclic) bond motifs is 6. The lowest BCUT2D eigenvalue weighted by atomic mass is 9.93. The minimum atomic E-state index is -4.47. The van der Waals surface area contributed by atoms with Crippen molar-refractivity contribution in [2.45, 2.75) is 40.8 Å². The van der Waals surface area contributed by atoms with E-state index in [0.717, 1.165) is 71.9 Å². The van der Waals surface area contributed by atoms with E-state index in [4.69, 9.17) is 0 Å². The van der Waals surface area contributed by atoms with E-state index < -0.39 is 11.7 Å². The molecule has 0 spiro atoms. The van der Waals surface area contributed by atoms with Crippen LogP contribution in [0.1, 0.15) is 38.9 Å². The molecule has 0 N–H and O–H groups in total. The average Bonchev–Trinajstić information content (AvgIpc) is 3.53. The van der Waals surface area contributed by atoms with Gasteiger partial charge in [-0.05, 0) is 110 Å². The average molecular weight is 648 g/mol. The molecule has 0 aliphatic rings. The Bertz CT molecular complexity index is 2600. The molecule has 0 saturated carbocycles. The van der Waals surface area contributed by atoms with Crippen LogP contribution in [0.4, 0.5) is 13.2 Å². The summed E-state index contributed by atoms with van der Waals surface area (Å²) in [5.41, 5.74) is 11.0. The van der Waals surface area contributed by atoms with E-state index in [1.807, 2.05) is 26.0 Å². The second kappa shape index (κ2) is 10.9. The minimum Gasteiger partial charge on any atom is -0.308 e. The topological polar surface area (TPSA) is 33.6 Å². The van der Waals surface area contributed by atoms with Crippen molar-refractivity contribution >= 4 is 43.6 Å². The van der Waals surface area contributed by atoms with Crippen molar-refractivity contribution in [3.63, 3.8) is 0 Å². The van der Waals surface area contributed by atoms with E-state index in [1.165, 1.54) is 12.1 Å². The Labute approximate surface area is 282 Å². The van der Waals surface area contributed by atoms with E-state index in [-0.39, 0.29) is 0 Å². The maximum absolute atomic E-state index is 13.8. The van der Waals surface area contributed by atoms with Crippen LogP contribution in [0, 0.1) is 45.9 Å². The highest BCUT2D eigenvalue weighted by atomic mass is 19.4. The van der Waals surface area contributed by atoms with E-state index in [2.05, 4.69) is 102 Å². The van der Waals surface area contributed by atoms with Gasteiger partial charge in [0.25, 0.3) is 0 Å². The number of alkyl halides is 3. The van der Waals surface area contributed by atoms with Gasteiger partial charge in [0, 0.05) is 27.1 Å². The van der Waals surface area contributed by atoms with Gasteiger partial charge in [0.05, 0.1) is 39.0 Å². The Hall–Kier alpha value is -5.80. The number of nitrogens with zero attached hydrogens (tertiary/aromatic N) is 3. The molecule has 0 unspecified atom stereocenters. The molecule has 6 heteroatoms. The molecule has 0 amide bonds. The van der Waals surface area contributed by atoms with Gasteiger partial charge in [-0.3, -0.25) is 0 Å². The van der Waals surface area contributed by atoms with Crippen LogP contribution in [0.5, 0.6) is 0 Å². The number of benzene rings is 6. The van der Waals surface area contributed by atoms with Crippen LogP contribution in [0.15, 0.2) is 103 Å². The van der Waals surface area contributed by atoms with E-state index in [1.54, 1.807) is 6.92 Å². The van der Waals surface area contributed by atoms with Gasteiger partial charge >= 0.3 is 6.18 Å². The second-order valence-corrected chi connectivity index (χ2v) is 13.2. The molecule has 0 fully saturated rings. The third-order valence-corrected chi connectivity index (χ3v) is 9.73. The third-order valence-electron chi connectivity index (χ3n) is 9.73. The second-order valence-electron chi connectivity index (χ2n) is 13.2. The fourth-order valence-electron chi connectivity index (χ4n) is 7.45. The lowest BCUT2D eigenvalue weighted by molar-refractivity contribution is -0.137. The fourth-order valence-corrected chi connectivity index (χ4v) is 7.45. The van der Waals surface area contributed by atoms with Gasteiger partial charge in [-0.2, -0.15) is 18.4 Å². The van der Waals surface area contributed by atoms with Crippen LogP contribution in [0.25, 0.3) is 66.1 Å². The van der Waals surface area contributed by atoms with Crippen LogP contribution in [0.2, 0.25) is 0 Å². The summed E-state index contributed by atoms with van der Waals surface area (Å²) in [6.07, 6.45) is -4.47. The summed E-state index contributed by atoms with van der Waals surface area (Å²) >= 11 is 0. The zero-order valence-electron chi connectivity index (χ0n) is 27.8. The predicted molar refractivity (Wildman–Crippen MR) is 194 cm³/mol. The Morgan fingerprint density at radius 3 is 1.35 bits per heavy atom. The first kappa shape index (κ1) is 30.5. The normalized spacial score (nSPS) is 12.1. The number of aromatic nitrogens is 2. The third kappa shape index (κ3) is 4.72. The molecular formula is C43H32F3N3. The molecule has 8 rings (SSSR count). The summed E-state index contributed by atoms with van der Waals surface area (Å²) in [7, 11) is 0. The summed E-state index contributed by atoms with van der Waals surface area (Å²) in [4.78, 5) is 0. The Kier molecular flexibility index (Phi) is 6.77. The molecule has 49 heavy (non-hydrogen) atoms. The van der Waals surface area contributed by atoms with Gasteiger partial charge in [0.2, 0.25) is 0 Å². The van der Waals surface area contributed by atoms with Crippen molar-refractivity contribution in [2.75, 3.05) is 0 Å². The molecule has 6 aromatic carbocycles. The predicted octanol–water partition coefficient (Wildman–Crippen LogP) is 12.0. The monoisotopic (exact) mass is 647 g/mol. The van der Waals surface area contributed by atoms with Gasteiger partial charge in [-0.15, -0.1) is 0 Å². The first-order valence-corrected chi connectivity index (χ1v) is 16.2. The SMILES string of the molecule is Cc1ccc2c3ccc(C)cc3n(-c3ccc(-c4ccc(C(F)(F)F)cc4C)c(-n4c5cc(C)ccc5c5ccc(C)cc54)c3C#N)c2c1. The van der Waals surface area contributed by atoms with Crippen LogP contribution in [0.3, 0.4) is 0 Å². The number of rotatable bonds is 3. The highest BCUT2D eigenvalue weighted by Gasteiger charge is 2.31. The number of aryl methyl sites for hydroxylation is 5. The van der Waals surface area contributed by atoms with Crippen molar-refractivity contribution in [2.24, 2.45) is 0 Å². The van der Waals surface area contributed by atoms with Gasteiger partial charge < -0.3 is 9.13 Å². The van der Waals surface area contributed by atoms with E-state index in [9.17, 15) is 18.4 Å². The first-order chi connectivity index (χ1) is 23.4. The van der Waals surface area contributed by atoms with Crippen molar-refractivity contribution in [1.29, 1.82) is 5.26 Å². The van der Waals surface area contributed by atoms with Crippen molar-refractivity contribution in [1.82, 2.24) is 9.13 Å². The fraction of sp³-hybridized carbons (Fsp3) is 0.140. The van der Waals surface area contributed by atoms with Gasteiger partial charge in [-0.25, -0.2) is 0 Å². The van der Waals surface area contributed by atoms with Crippen molar-refractivity contribution in [3.8, 4) is 28.6 Å². The summed E-state index contributed by atoms with van der Waals surface area (Å²) in [6.45, 7) is 9.90. The highest BCUT2D eigenvalue weighted by Crippen LogP contribution is 2.43. The molecule has 0 radical (unpaired) electrons. The quantitative estimate of drug-likeness (QED) is 0.188. The maximum atomic E-state index is 13.8. The number of hydrogen-bond acceptors (Lipinski definition) is 1. The standard InChI is InChI=1S/C43H32F3N3/c1-24-6-11-31-32-12-7-25(2)19-39(32)48(38(31)18-24)37-17-16-35(30-15-10-29(22-28(30)5)43(44,45)46)42(36(37)23-47)49-40-20-26(3)8-13-33(40)34-14-9-27(4)21-41(34)49/h6-22H,1-5H3. The number of nitriles is 1. The lowest BCUT2D eigenvalue weighted by Gasteiger charge is -2.21. The van der Waals surface area contributed by atoms with Gasteiger partial charge in [0.15, 0.2) is 0 Å². The zero-order valence-corrected chi connectivity index (χ0v) is 27.8. The maximum Gasteiger partial charge on any atom is 0.416 e. The Balaban J connectivity index is 1.58.